The van der Waals surface area contributed by atoms with Crippen LogP contribution in [-0.2, 0) is 11.2 Å². The van der Waals surface area contributed by atoms with Gasteiger partial charge in [0.25, 0.3) is 5.91 Å². The second-order valence-electron chi connectivity index (χ2n) is 11.1. The third-order valence-corrected chi connectivity index (χ3v) is 8.29. The molecule has 6 heteroatoms. The molecule has 1 saturated heterocycles. The number of para-hydroxylation sites is 2. The molecule has 4 aromatic carbocycles. The first kappa shape index (κ1) is 27.6. The molecule has 2 aliphatic heterocycles. The van der Waals surface area contributed by atoms with Crippen LogP contribution in [0.4, 0.5) is 11.4 Å². The summed E-state index contributed by atoms with van der Waals surface area (Å²) in [6.45, 7) is 4.99. The van der Waals surface area contributed by atoms with Gasteiger partial charge in [0.1, 0.15) is 11.5 Å². The van der Waals surface area contributed by atoms with Gasteiger partial charge in [0, 0.05) is 54.2 Å². The van der Waals surface area contributed by atoms with E-state index in [0.717, 1.165) is 53.5 Å². The highest BCUT2D eigenvalue weighted by atomic mass is 16.5. The largest absolute Gasteiger partial charge is 0.457 e. The molecule has 6 nitrogen and oxygen atoms in total. The zero-order chi connectivity index (χ0) is 28.9. The number of benzene rings is 4. The van der Waals surface area contributed by atoms with Crippen LogP contribution in [0, 0.1) is 0 Å². The van der Waals surface area contributed by atoms with Crippen molar-refractivity contribution in [2.24, 2.45) is 0 Å². The average molecular weight is 560 g/mol. The van der Waals surface area contributed by atoms with Crippen molar-refractivity contribution in [1.82, 2.24) is 4.90 Å². The Morgan fingerprint density at radius 3 is 2.00 bits per heavy atom. The number of nitrogens with zero attached hydrogens (tertiary/aromatic N) is 2. The van der Waals surface area contributed by atoms with Gasteiger partial charge in [0.15, 0.2) is 0 Å². The molecule has 2 aliphatic rings. The van der Waals surface area contributed by atoms with Gasteiger partial charge in [-0.05, 0) is 66.9 Å². The number of piperazine rings is 1. The van der Waals surface area contributed by atoms with Gasteiger partial charge in [-0.1, -0.05) is 68.3 Å². The van der Waals surface area contributed by atoms with Gasteiger partial charge in [0.2, 0.25) is 5.91 Å². The number of anilines is 2. The van der Waals surface area contributed by atoms with Crippen molar-refractivity contribution in [2.45, 2.75) is 38.5 Å². The fourth-order valence-corrected chi connectivity index (χ4v) is 5.90. The van der Waals surface area contributed by atoms with Crippen LogP contribution in [0.3, 0.4) is 0 Å². The van der Waals surface area contributed by atoms with Gasteiger partial charge in [-0.3, -0.25) is 9.59 Å². The quantitative estimate of drug-likeness (QED) is 0.231. The van der Waals surface area contributed by atoms with E-state index >= 15 is 0 Å². The predicted molar refractivity (Wildman–Crippen MR) is 168 cm³/mol. The Morgan fingerprint density at radius 2 is 1.38 bits per heavy atom. The first-order valence-corrected chi connectivity index (χ1v) is 15.0. The van der Waals surface area contributed by atoms with Crippen molar-refractivity contribution >= 4 is 23.2 Å². The molecule has 0 aromatic heterocycles. The van der Waals surface area contributed by atoms with Gasteiger partial charge < -0.3 is 19.9 Å². The summed E-state index contributed by atoms with van der Waals surface area (Å²) in [6, 6.07) is 31.5. The third-order valence-electron chi connectivity index (χ3n) is 8.29. The Kier molecular flexibility index (Phi) is 8.22. The highest BCUT2D eigenvalue weighted by molar-refractivity contribution is 6.04. The molecule has 6 rings (SSSR count). The number of carbonyl (C=O) groups is 2. The second kappa shape index (κ2) is 12.5. The summed E-state index contributed by atoms with van der Waals surface area (Å²) in [4.78, 5) is 30.9. The van der Waals surface area contributed by atoms with Crippen LogP contribution >= 0.6 is 0 Å². The van der Waals surface area contributed by atoms with E-state index in [0.29, 0.717) is 18.7 Å². The molecular weight excluding hydrogens is 522 g/mol. The van der Waals surface area contributed by atoms with Crippen LogP contribution < -0.4 is 15.0 Å². The number of hydrogen-bond acceptors (Lipinski definition) is 4. The normalized spacial score (nSPS) is 14.5. The molecule has 1 fully saturated rings. The molecule has 0 unspecified atom stereocenters. The number of nitrogens with one attached hydrogen (secondary N) is 1. The van der Waals surface area contributed by atoms with Crippen LogP contribution in [-0.4, -0.2) is 42.9 Å². The fraction of sp³-hybridized carbons (Fsp3) is 0.278. The zero-order valence-electron chi connectivity index (χ0n) is 24.1. The zero-order valence-corrected chi connectivity index (χ0v) is 24.1. The van der Waals surface area contributed by atoms with Crippen molar-refractivity contribution in [3.63, 3.8) is 0 Å². The Labute approximate surface area is 247 Å². The van der Waals surface area contributed by atoms with Crippen molar-refractivity contribution in [3.05, 3.63) is 119 Å². The summed E-state index contributed by atoms with van der Waals surface area (Å²) in [7, 11) is 0. The number of ether oxygens (including phenoxy) is 1. The molecule has 0 spiro atoms. The number of aryl methyl sites for hydroxylation is 1. The number of fused-ring (bicyclic) bond motifs is 2. The summed E-state index contributed by atoms with van der Waals surface area (Å²) >= 11 is 0. The number of unbranched alkanes of at least 4 members (excludes halogenated alkanes) is 2. The standard InChI is InChI=1S/C36H37N3O3/c1-2-3-4-9-26-14-16-27(17-15-26)35(40)37-28-18-20-29(21-19-28)38-22-24-39(25-23-38)36(41)34-30-10-5-7-12-32(30)42-33-13-8-6-11-31(33)34/h5-8,10-21,34H,2-4,9,22-25H2,1H3,(H,37,40). The van der Waals surface area contributed by atoms with Gasteiger partial charge in [-0.25, -0.2) is 0 Å². The molecule has 214 valence electrons. The highest BCUT2D eigenvalue weighted by Gasteiger charge is 2.36. The minimum absolute atomic E-state index is 0.105. The number of amides is 2. The Bertz CT molecular complexity index is 1490. The van der Waals surface area contributed by atoms with Gasteiger partial charge in [0.05, 0.1) is 5.92 Å². The van der Waals surface area contributed by atoms with Gasteiger partial charge >= 0.3 is 0 Å². The van der Waals surface area contributed by atoms with E-state index in [4.69, 9.17) is 4.74 Å². The van der Waals surface area contributed by atoms with E-state index in [1.807, 2.05) is 89.8 Å². The van der Waals surface area contributed by atoms with Crippen LogP contribution in [0.2, 0.25) is 0 Å². The van der Waals surface area contributed by atoms with Crippen LogP contribution in [0.15, 0.2) is 97.1 Å². The predicted octanol–water partition coefficient (Wildman–Crippen LogP) is 7.26. The monoisotopic (exact) mass is 559 g/mol. The highest BCUT2D eigenvalue weighted by Crippen LogP contribution is 2.44. The fourth-order valence-electron chi connectivity index (χ4n) is 5.90. The lowest BCUT2D eigenvalue weighted by atomic mass is 9.86. The summed E-state index contributed by atoms with van der Waals surface area (Å²) in [5.74, 6) is 1.15. The first-order valence-electron chi connectivity index (χ1n) is 15.0. The van der Waals surface area contributed by atoms with Crippen LogP contribution in [0.5, 0.6) is 11.5 Å². The second-order valence-corrected chi connectivity index (χ2v) is 11.1. The number of carbonyl (C=O) groups excluding carboxylic acids is 2. The topological polar surface area (TPSA) is 61.9 Å². The van der Waals surface area contributed by atoms with E-state index < -0.39 is 0 Å². The SMILES string of the molecule is CCCCCc1ccc(C(=O)Nc2ccc(N3CCN(C(=O)C4c5ccccc5Oc5ccccc54)CC3)cc2)cc1. The Hall–Kier alpha value is -4.58. The molecule has 0 saturated carbocycles. The van der Waals surface area contributed by atoms with Gasteiger partial charge in [-0.15, -0.1) is 0 Å². The van der Waals surface area contributed by atoms with Crippen LogP contribution in [0.1, 0.15) is 59.2 Å². The van der Waals surface area contributed by atoms with Crippen molar-refractivity contribution in [3.8, 4) is 11.5 Å². The summed E-state index contributed by atoms with van der Waals surface area (Å²) < 4.78 is 6.09. The van der Waals surface area contributed by atoms with E-state index in [1.54, 1.807) is 0 Å². The third kappa shape index (κ3) is 5.89. The van der Waals surface area contributed by atoms with E-state index in [1.165, 1.54) is 24.8 Å². The average Bonchev–Trinajstić information content (AvgIpc) is 3.04. The summed E-state index contributed by atoms with van der Waals surface area (Å²) in [6.07, 6.45) is 4.67. The van der Waals surface area contributed by atoms with E-state index in [-0.39, 0.29) is 17.7 Å². The Morgan fingerprint density at radius 1 is 0.762 bits per heavy atom. The maximum atomic E-state index is 13.9. The van der Waals surface area contributed by atoms with Crippen molar-refractivity contribution < 1.29 is 14.3 Å². The smallest absolute Gasteiger partial charge is 0.255 e. The number of hydrogen-bond donors (Lipinski definition) is 1. The summed E-state index contributed by atoms with van der Waals surface area (Å²) in [5, 5.41) is 3.01. The minimum Gasteiger partial charge on any atom is -0.457 e. The molecular formula is C36H37N3O3. The minimum atomic E-state index is -0.363. The molecule has 1 N–H and O–H groups in total. The lowest BCUT2D eigenvalue weighted by molar-refractivity contribution is -0.132. The first-order chi connectivity index (χ1) is 20.6. The Balaban J connectivity index is 1.05. The molecule has 2 amide bonds. The molecule has 0 radical (unpaired) electrons. The molecule has 42 heavy (non-hydrogen) atoms. The van der Waals surface area contributed by atoms with Crippen LogP contribution in [0.25, 0.3) is 0 Å². The molecule has 2 heterocycles. The van der Waals surface area contributed by atoms with Crippen molar-refractivity contribution in [1.29, 1.82) is 0 Å². The molecule has 0 bridgehead atoms. The summed E-state index contributed by atoms with van der Waals surface area (Å²) in [5.41, 5.74) is 5.62. The lowest BCUT2D eigenvalue weighted by Crippen LogP contribution is -2.50. The molecule has 4 aromatic rings. The van der Waals surface area contributed by atoms with Crippen molar-refractivity contribution in [2.75, 3.05) is 36.4 Å². The maximum absolute atomic E-state index is 13.9. The molecule has 0 atom stereocenters. The molecule has 0 aliphatic carbocycles. The van der Waals surface area contributed by atoms with E-state index in [2.05, 4.69) is 29.3 Å². The number of rotatable bonds is 8. The lowest BCUT2D eigenvalue weighted by Gasteiger charge is -2.38. The maximum Gasteiger partial charge on any atom is 0.255 e. The van der Waals surface area contributed by atoms with Gasteiger partial charge in [-0.2, -0.15) is 0 Å². The van der Waals surface area contributed by atoms with E-state index in [9.17, 15) is 9.59 Å².